The molecule has 0 aliphatic heterocycles. The molecule has 0 saturated carbocycles. The van der Waals surface area contributed by atoms with Crippen LogP contribution in [0.5, 0.6) is 0 Å². The molecule has 0 aliphatic carbocycles. The van der Waals surface area contributed by atoms with Crippen molar-refractivity contribution in [3.05, 3.63) is 18.0 Å². The number of nitrogens with zero attached hydrogens (tertiary/aromatic N) is 2. The Bertz CT molecular complexity index is 263. The zero-order chi connectivity index (χ0) is 9.90. The summed E-state index contributed by atoms with van der Waals surface area (Å²) < 4.78 is 2.05. The third-order valence-electron chi connectivity index (χ3n) is 2.36. The van der Waals surface area contributed by atoms with Crippen LogP contribution in [0.1, 0.15) is 32.9 Å². The Labute approximate surface area is 79.9 Å². The van der Waals surface area contributed by atoms with Crippen molar-refractivity contribution < 1.29 is 0 Å². The van der Waals surface area contributed by atoms with E-state index in [2.05, 4.69) is 31.9 Å². The first-order valence-corrected chi connectivity index (χ1v) is 4.84. The van der Waals surface area contributed by atoms with Gasteiger partial charge in [0.25, 0.3) is 0 Å². The van der Waals surface area contributed by atoms with Gasteiger partial charge in [-0.05, 0) is 12.5 Å². The third kappa shape index (κ3) is 2.10. The maximum atomic E-state index is 5.72. The van der Waals surface area contributed by atoms with E-state index in [1.165, 1.54) is 5.69 Å². The first-order valence-electron chi connectivity index (χ1n) is 4.84. The summed E-state index contributed by atoms with van der Waals surface area (Å²) in [7, 11) is 0. The van der Waals surface area contributed by atoms with E-state index < -0.39 is 0 Å². The first kappa shape index (κ1) is 10.3. The van der Waals surface area contributed by atoms with Gasteiger partial charge in [-0.2, -0.15) is 5.10 Å². The molecule has 0 aliphatic rings. The van der Waals surface area contributed by atoms with E-state index >= 15 is 0 Å². The summed E-state index contributed by atoms with van der Waals surface area (Å²) >= 11 is 0. The van der Waals surface area contributed by atoms with Crippen LogP contribution in [0.2, 0.25) is 0 Å². The van der Waals surface area contributed by atoms with Crippen molar-refractivity contribution in [3.63, 3.8) is 0 Å². The van der Waals surface area contributed by atoms with Gasteiger partial charge in [0.2, 0.25) is 0 Å². The molecular formula is C10H19N3. The Hall–Kier alpha value is -0.830. The van der Waals surface area contributed by atoms with Crippen molar-refractivity contribution in [1.82, 2.24) is 9.78 Å². The van der Waals surface area contributed by atoms with Gasteiger partial charge < -0.3 is 5.73 Å². The second-order valence-corrected chi connectivity index (χ2v) is 4.03. The zero-order valence-electron chi connectivity index (χ0n) is 8.75. The monoisotopic (exact) mass is 181 g/mol. The van der Waals surface area contributed by atoms with E-state index in [-0.39, 0.29) is 5.41 Å². The highest BCUT2D eigenvalue weighted by molar-refractivity contribution is 5.14. The number of hydrogen-bond acceptors (Lipinski definition) is 2. The Balaban J connectivity index is 2.93. The number of nitrogens with two attached hydrogens (primary N) is 1. The van der Waals surface area contributed by atoms with E-state index in [0.717, 1.165) is 13.0 Å². The molecule has 2 N–H and O–H groups in total. The van der Waals surface area contributed by atoms with Gasteiger partial charge in [-0.15, -0.1) is 0 Å². The third-order valence-corrected chi connectivity index (χ3v) is 2.36. The van der Waals surface area contributed by atoms with Gasteiger partial charge in [0.05, 0.1) is 0 Å². The summed E-state index contributed by atoms with van der Waals surface area (Å²) in [5.41, 5.74) is 6.99. The van der Waals surface area contributed by atoms with Gasteiger partial charge in [-0.1, -0.05) is 20.8 Å². The van der Waals surface area contributed by atoms with E-state index in [1.807, 2.05) is 10.9 Å². The standard InChI is InChI=1S/C10H19N3/c1-4-7-13-9(5-6-12-13)10(2,3)8-11/h5-6H,4,7-8,11H2,1-3H3. The minimum Gasteiger partial charge on any atom is -0.330 e. The van der Waals surface area contributed by atoms with E-state index in [9.17, 15) is 0 Å². The van der Waals surface area contributed by atoms with Gasteiger partial charge >= 0.3 is 0 Å². The van der Waals surface area contributed by atoms with Crippen molar-refractivity contribution >= 4 is 0 Å². The molecule has 0 aromatic carbocycles. The fourth-order valence-electron chi connectivity index (χ4n) is 1.40. The smallest absolute Gasteiger partial charge is 0.0492 e. The predicted molar refractivity (Wildman–Crippen MR) is 54.6 cm³/mol. The Kier molecular flexibility index (Phi) is 3.09. The molecule has 0 bridgehead atoms. The number of hydrogen-bond donors (Lipinski definition) is 1. The average Bonchev–Trinajstić information content (AvgIpc) is 2.54. The quantitative estimate of drug-likeness (QED) is 0.765. The molecule has 0 amide bonds. The highest BCUT2D eigenvalue weighted by Gasteiger charge is 2.22. The molecule has 1 aromatic heterocycles. The van der Waals surface area contributed by atoms with E-state index in [1.54, 1.807) is 0 Å². The van der Waals surface area contributed by atoms with Crippen molar-refractivity contribution in [1.29, 1.82) is 0 Å². The van der Waals surface area contributed by atoms with E-state index in [4.69, 9.17) is 5.73 Å². The summed E-state index contributed by atoms with van der Waals surface area (Å²) in [6.45, 7) is 8.08. The fraction of sp³-hybridized carbons (Fsp3) is 0.700. The predicted octanol–water partition coefficient (Wildman–Crippen LogP) is 1.53. The largest absolute Gasteiger partial charge is 0.330 e. The Morgan fingerprint density at radius 1 is 1.54 bits per heavy atom. The van der Waals surface area contributed by atoms with Crippen LogP contribution in [-0.2, 0) is 12.0 Å². The van der Waals surface area contributed by atoms with Crippen molar-refractivity contribution in [2.45, 2.75) is 39.2 Å². The molecule has 0 spiro atoms. The first-order chi connectivity index (χ1) is 6.11. The van der Waals surface area contributed by atoms with Crippen molar-refractivity contribution in [2.24, 2.45) is 5.73 Å². The average molecular weight is 181 g/mol. The molecule has 0 atom stereocenters. The molecule has 1 aromatic rings. The molecule has 1 heterocycles. The lowest BCUT2D eigenvalue weighted by molar-refractivity contribution is 0.457. The van der Waals surface area contributed by atoms with Crippen LogP contribution in [0.25, 0.3) is 0 Å². The normalized spacial score (nSPS) is 12.0. The zero-order valence-corrected chi connectivity index (χ0v) is 8.75. The summed E-state index contributed by atoms with van der Waals surface area (Å²) in [4.78, 5) is 0. The molecule has 3 nitrogen and oxygen atoms in total. The lowest BCUT2D eigenvalue weighted by atomic mass is 9.89. The van der Waals surface area contributed by atoms with Gasteiger partial charge in [0.15, 0.2) is 0 Å². The summed E-state index contributed by atoms with van der Waals surface area (Å²) in [5.74, 6) is 0. The molecule has 1 rings (SSSR count). The molecule has 0 saturated heterocycles. The minimum atomic E-state index is 0.0334. The van der Waals surface area contributed by atoms with Gasteiger partial charge in [-0.3, -0.25) is 4.68 Å². The number of aromatic nitrogens is 2. The summed E-state index contributed by atoms with van der Waals surface area (Å²) in [6, 6.07) is 2.06. The topological polar surface area (TPSA) is 43.8 Å². The molecule has 0 fully saturated rings. The second-order valence-electron chi connectivity index (χ2n) is 4.03. The SMILES string of the molecule is CCCn1nccc1C(C)(C)CN. The molecule has 0 radical (unpaired) electrons. The maximum absolute atomic E-state index is 5.72. The van der Waals surface area contributed by atoms with Crippen LogP contribution in [-0.4, -0.2) is 16.3 Å². The van der Waals surface area contributed by atoms with Crippen LogP contribution >= 0.6 is 0 Å². The van der Waals surface area contributed by atoms with Crippen LogP contribution in [0.4, 0.5) is 0 Å². The van der Waals surface area contributed by atoms with Crippen LogP contribution < -0.4 is 5.73 Å². The molecule has 0 unspecified atom stereocenters. The van der Waals surface area contributed by atoms with Crippen LogP contribution in [0.3, 0.4) is 0 Å². The maximum Gasteiger partial charge on any atom is 0.0492 e. The molecule has 3 heteroatoms. The molecule has 74 valence electrons. The highest BCUT2D eigenvalue weighted by atomic mass is 15.3. The minimum absolute atomic E-state index is 0.0334. The number of rotatable bonds is 4. The van der Waals surface area contributed by atoms with Gasteiger partial charge in [0, 0.05) is 30.4 Å². The van der Waals surface area contributed by atoms with Gasteiger partial charge in [-0.25, -0.2) is 0 Å². The summed E-state index contributed by atoms with van der Waals surface area (Å²) in [6.07, 6.45) is 2.96. The second kappa shape index (κ2) is 3.92. The number of aryl methyl sites for hydroxylation is 1. The highest BCUT2D eigenvalue weighted by Crippen LogP contribution is 2.21. The Morgan fingerprint density at radius 2 is 2.23 bits per heavy atom. The van der Waals surface area contributed by atoms with E-state index in [0.29, 0.717) is 6.54 Å². The van der Waals surface area contributed by atoms with Crippen LogP contribution in [0, 0.1) is 0 Å². The van der Waals surface area contributed by atoms with Gasteiger partial charge in [0.1, 0.15) is 0 Å². The molecule has 13 heavy (non-hydrogen) atoms. The van der Waals surface area contributed by atoms with Crippen molar-refractivity contribution in [3.8, 4) is 0 Å². The Morgan fingerprint density at radius 3 is 2.77 bits per heavy atom. The lowest BCUT2D eigenvalue weighted by Gasteiger charge is -2.23. The fourth-order valence-corrected chi connectivity index (χ4v) is 1.40. The molecular weight excluding hydrogens is 162 g/mol. The van der Waals surface area contributed by atoms with Crippen LogP contribution in [0.15, 0.2) is 12.3 Å². The lowest BCUT2D eigenvalue weighted by Crippen LogP contribution is -2.31. The van der Waals surface area contributed by atoms with Crippen molar-refractivity contribution in [2.75, 3.05) is 6.54 Å². The summed E-state index contributed by atoms with van der Waals surface area (Å²) in [5, 5.41) is 4.28.